The van der Waals surface area contributed by atoms with E-state index in [1.807, 2.05) is 30.3 Å². The van der Waals surface area contributed by atoms with Crippen LogP contribution in [0.4, 0.5) is 5.69 Å². The highest BCUT2D eigenvalue weighted by molar-refractivity contribution is 7.97. The summed E-state index contributed by atoms with van der Waals surface area (Å²) in [5, 5.41) is 3.00. The Morgan fingerprint density at radius 2 is 1.86 bits per heavy atom. The van der Waals surface area contributed by atoms with Gasteiger partial charge < -0.3 is 5.32 Å². The number of benzene rings is 2. The first-order chi connectivity index (χ1) is 10.3. The Bertz CT molecular complexity index is 649. The van der Waals surface area contributed by atoms with Gasteiger partial charge in [-0.25, -0.2) is 0 Å². The number of carbonyl (C=O) groups is 1. The normalized spacial score (nSPS) is 13.0. The number of hydrogen-bond acceptors (Lipinski definition) is 2. The molecule has 2 nitrogen and oxygen atoms in total. The Labute approximate surface area is 130 Å². The van der Waals surface area contributed by atoms with Crippen LogP contribution in [0.2, 0.25) is 0 Å². The van der Waals surface area contributed by atoms with Gasteiger partial charge in [0, 0.05) is 17.0 Å². The molecule has 1 aliphatic carbocycles. The Morgan fingerprint density at radius 3 is 2.62 bits per heavy atom. The summed E-state index contributed by atoms with van der Waals surface area (Å²) in [4.78, 5) is 12.3. The lowest BCUT2D eigenvalue weighted by atomic mass is 10.1. The van der Waals surface area contributed by atoms with E-state index in [1.54, 1.807) is 11.8 Å². The highest BCUT2D eigenvalue weighted by Crippen LogP contribution is 2.25. The van der Waals surface area contributed by atoms with Crippen LogP contribution in [-0.2, 0) is 18.6 Å². The molecule has 0 saturated heterocycles. The fraction of sp³-hybridized carbons (Fsp3) is 0.278. The van der Waals surface area contributed by atoms with Crippen LogP contribution in [0.5, 0.6) is 0 Å². The molecule has 1 aliphatic rings. The average molecular weight is 297 g/mol. The summed E-state index contributed by atoms with van der Waals surface area (Å²) < 4.78 is 0. The lowest BCUT2D eigenvalue weighted by Crippen LogP contribution is -2.12. The van der Waals surface area contributed by atoms with Crippen molar-refractivity contribution in [2.75, 3.05) is 11.6 Å². The standard InChI is InChI=1S/C18H19NOS/c1-21-12-13-5-7-15(8-6-13)18(20)19-17-10-9-14-3-2-4-16(14)11-17/h5-11H,2-4,12H2,1H3,(H,19,20). The second-order valence-corrected chi connectivity index (χ2v) is 6.29. The third kappa shape index (κ3) is 3.30. The molecule has 0 fully saturated rings. The van der Waals surface area contributed by atoms with Gasteiger partial charge in [-0.05, 0) is 66.5 Å². The van der Waals surface area contributed by atoms with Gasteiger partial charge in [-0.15, -0.1) is 0 Å². The van der Waals surface area contributed by atoms with Gasteiger partial charge in [0.1, 0.15) is 0 Å². The van der Waals surface area contributed by atoms with Crippen molar-refractivity contribution in [2.24, 2.45) is 0 Å². The molecule has 0 atom stereocenters. The molecule has 21 heavy (non-hydrogen) atoms. The highest BCUT2D eigenvalue weighted by Gasteiger charge is 2.12. The topological polar surface area (TPSA) is 29.1 Å². The largest absolute Gasteiger partial charge is 0.322 e. The monoisotopic (exact) mass is 297 g/mol. The molecular formula is C18H19NOS. The number of anilines is 1. The Balaban J connectivity index is 1.71. The van der Waals surface area contributed by atoms with Crippen molar-refractivity contribution in [2.45, 2.75) is 25.0 Å². The van der Waals surface area contributed by atoms with Gasteiger partial charge in [0.15, 0.2) is 0 Å². The number of rotatable bonds is 4. The van der Waals surface area contributed by atoms with E-state index in [9.17, 15) is 4.79 Å². The van der Waals surface area contributed by atoms with Crippen LogP contribution in [0.1, 0.15) is 33.5 Å². The van der Waals surface area contributed by atoms with E-state index < -0.39 is 0 Å². The minimum atomic E-state index is -0.0383. The molecule has 3 rings (SSSR count). The molecule has 108 valence electrons. The average Bonchev–Trinajstić information content (AvgIpc) is 2.96. The quantitative estimate of drug-likeness (QED) is 0.912. The van der Waals surface area contributed by atoms with Crippen LogP contribution < -0.4 is 5.32 Å². The van der Waals surface area contributed by atoms with Gasteiger partial charge in [0.25, 0.3) is 5.91 Å². The van der Waals surface area contributed by atoms with Crippen LogP contribution in [0.15, 0.2) is 42.5 Å². The number of carbonyl (C=O) groups excluding carboxylic acids is 1. The first-order valence-corrected chi connectivity index (χ1v) is 8.66. The fourth-order valence-electron chi connectivity index (χ4n) is 2.77. The minimum absolute atomic E-state index is 0.0383. The number of amides is 1. The Hall–Kier alpha value is -1.74. The summed E-state index contributed by atoms with van der Waals surface area (Å²) in [6, 6.07) is 14.1. The zero-order valence-corrected chi connectivity index (χ0v) is 13.0. The number of aryl methyl sites for hydroxylation is 2. The van der Waals surface area contributed by atoms with Crippen LogP contribution in [0.25, 0.3) is 0 Å². The molecule has 0 aromatic heterocycles. The third-order valence-corrected chi connectivity index (χ3v) is 4.51. The molecule has 0 heterocycles. The van der Waals surface area contributed by atoms with Crippen molar-refractivity contribution in [3.63, 3.8) is 0 Å². The molecular weight excluding hydrogens is 278 g/mol. The molecule has 0 aliphatic heterocycles. The summed E-state index contributed by atoms with van der Waals surface area (Å²) in [6.07, 6.45) is 5.60. The predicted molar refractivity (Wildman–Crippen MR) is 90.1 cm³/mol. The summed E-state index contributed by atoms with van der Waals surface area (Å²) >= 11 is 1.78. The molecule has 1 amide bonds. The van der Waals surface area contributed by atoms with Crippen LogP contribution in [0, 0.1) is 0 Å². The van der Waals surface area contributed by atoms with Crippen molar-refractivity contribution in [1.82, 2.24) is 0 Å². The first kappa shape index (κ1) is 14.2. The van der Waals surface area contributed by atoms with E-state index in [2.05, 4.69) is 23.7 Å². The molecule has 1 N–H and O–H groups in total. The highest BCUT2D eigenvalue weighted by atomic mass is 32.2. The number of hydrogen-bond donors (Lipinski definition) is 1. The predicted octanol–water partition coefficient (Wildman–Crippen LogP) is 4.29. The maximum absolute atomic E-state index is 12.3. The summed E-state index contributed by atoms with van der Waals surface area (Å²) in [6.45, 7) is 0. The third-order valence-electron chi connectivity index (χ3n) is 3.88. The maximum Gasteiger partial charge on any atom is 0.255 e. The van der Waals surface area contributed by atoms with Crippen molar-refractivity contribution in [3.05, 3.63) is 64.7 Å². The van der Waals surface area contributed by atoms with Crippen LogP contribution in [-0.4, -0.2) is 12.2 Å². The lowest BCUT2D eigenvalue weighted by molar-refractivity contribution is 0.102. The van der Waals surface area contributed by atoms with Crippen LogP contribution in [0.3, 0.4) is 0 Å². The molecule has 2 aromatic carbocycles. The molecule has 2 aromatic rings. The number of fused-ring (bicyclic) bond motifs is 1. The van der Waals surface area contributed by atoms with Gasteiger partial charge >= 0.3 is 0 Å². The second kappa shape index (κ2) is 6.35. The van der Waals surface area contributed by atoms with Crippen LogP contribution >= 0.6 is 11.8 Å². The summed E-state index contributed by atoms with van der Waals surface area (Å²) in [5.74, 6) is 0.941. The van der Waals surface area contributed by atoms with Gasteiger partial charge in [-0.3, -0.25) is 4.79 Å². The van der Waals surface area contributed by atoms with Gasteiger partial charge in [0.2, 0.25) is 0 Å². The Kier molecular flexibility index (Phi) is 4.30. The second-order valence-electron chi connectivity index (χ2n) is 5.42. The van der Waals surface area contributed by atoms with E-state index in [0.717, 1.165) is 17.9 Å². The van der Waals surface area contributed by atoms with Gasteiger partial charge in [-0.1, -0.05) is 18.2 Å². The van der Waals surface area contributed by atoms with Crippen molar-refractivity contribution in [1.29, 1.82) is 0 Å². The van der Waals surface area contributed by atoms with E-state index in [4.69, 9.17) is 0 Å². The van der Waals surface area contributed by atoms with Crippen molar-refractivity contribution in [3.8, 4) is 0 Å². The number of nitrogens with one attached hydrogen (secondary N) is 1. The summed E-state index contributed by atoms with van der Waals surface area (Å²) in [5.41, 5.74) is 5.66. The van der Waals surface area contributed by atoms with E-state index in [0.29, 0.717) is 5.56 Å². The van der Waals surface area contributed by atoms with E-state index in [-0.39, 0.29) is 5.91 Å². The first-order valence-electron chi connectivity index (χ1n) is 7.27. The maximum atomic E-state index is 12.3. The lowest BCUT2D eigenvalue weighted by Gasteiger charge is -2.08. The fourth-order valence-corrected chi connectivity index (χ4v) is 3.30. The van der Waals surface area contributed by atoms with E-state index >= 15 is 0 Å². The zero-order chi connectivity index (χ0) is 14.7. The molecule has 0 bridgehead atoms. The van der Waals surface area contributed by atoms with Gasteiger partial charge in [0.05, 0.1) is 0 Å². The van der Waals surface area contributed by atoms with Crippen molar-refractivity contribution >= 4 is 23.4 Å². The number of thioether (sulfide) groups is 1. The van der Waals surface area contributed by atoms with Gasteiger partial charge in [-0.2, -0.15) is 11.8 Å². The smallest absolute Gasteiger partial charge is 0.255 e. The minimum Gasteiger partial charge on any atom is -0.322 e. The van der Waals surface area contributed by atoms with E-state index in [1.165, 1.54) is 29.5 Å². The molecule has 0 radical (unpaired) electrons. The Morgan fingerprint density at radius 1 is 1.10 bits per heavy atom. The molecule has 0 unspecified atom stereocenters. The molecule has 0 spiro atoms. The zero-order valence-electron chi connectivity index (χ0n) is 12.2. The SMILES string of the molecule is CSCc1ccc(C(=O)Nc2ccc3c(c2)CCC3)cc1. The summed E-state index contributed by atoms with van der Waals surface area (Å²) in [7, 11) is 0. The van der Waals surface area contributed by atoms with Crippen molar-refractivity contribution < 1.29 is 4.79 Å². The molecule has 0 saturated carbocycles. The molecule has 3 heteroatoms.